The first-order valence-corrected chi connectivity index (χ1v) is 28.4. The molecule has 2 atom stereocenters. The molecule has 9 aromatic carbocycles. The van der Waals surface area contributed by atoms with Gasteiger partial charge in [0.05, 0.1) is 22.3 Å². The van der Waals surface area contributed by atoms with Crippen molar-refractivity contribution in [2.24, 2.45) is 0 Å². The standard InChI is InChI=1S/C70H62BN3OS/c1-67(2,3)44-31-33-54(49(37-44)43-21-10-9-11-22-43)72-58-41-50-47-23-13-17-30-63(47)76-64(50)42-53(58)71-52-38-45(68(4,5)6)32-34-56(52)73(57-27-20-29-62-65(57)48-24-12-16-28-61(48)75-62)60-40-46(39-59(72)66(60)71)74-55-26-15-14-25-51(55)69(7)35-18-19-36-70(69,74)8/h9-17,20-34,37-42H,18-19,35-36H2,1-8H3. The lowest BCUT2D eigenvalue weighted by Gasteiger charge is -2.51. The summed E-state index contributed by atoms with van der Waals surface area (Å²) in [7, 11) is 0. The van der Waals surface area contributed by atoms with Gasteiger partial charge in [-0.15, -0.1) is 11.3 Å². The number of benzene rings is 9. The molecule has 2 aromatic heterocycles. The molecular weight excluding hydrogens is 942 g/mol. The molecule has 0 amide bonds. The monoisotopic (exact) mass is 1000 g/mol. The van der Waals surface area contributed by atoms with E-state index < -0.39 is 0 Å². The van der Waals surface area contributed by atoms with E-state index in [-0.39, 0.29) is 28.5 Å². The van der Waals surface area contributed by atoms with Crippen LogP contribution in [0.25, 0.3) is 53.2 Å². The van der Waals surface area contributed by atoms with Crippen molar-refractivity contribution >= 4 is 122 Å². The molecule has 0 radical (unpaired) electrons. The molecule has 2 unspecified atom stereocenters. The predicted octanol–water partition coefficient (Wildman–Crippen LogP) is 18.0. The maximum absolute atomic E-state index is 6.76. The van der Waals surface area contributed by atoms with E-state index in [4.69, 9.17) is 4.42 Å². The first kappa shape index (κ1) is 45.8. The van der Waals surface area contributed by atoms with Gasteiger partial charge in [0, 0.05) is 70.7 Å². The van der Waals surface area contributed by atoms with Crippen molar-refractivity contribution in [2.75, 3.05) is 14.7 Å². The van der Waals surface area contributed by atoms with Gasteiger partial charge in [-0.1, -0.05) is 171 Å². The lowest BCUT2D eigenvalue weighted by molar-refractivity contribution is 0.195. The average molecular weight is 1000 g/mol. The Balaban J connectivity index is 1.13. The maximum Gasteiger partial charge on any atom is 0.252 e. The molecule has 0 spiro atoms. The molecule has 76 heavy (non-hydrogen) atoms. The normalized spacial score (nSPS) is 18.8. The summed E-state index contributed by atoms with van der Waals surface area (Å²) in [5, 5.41) is 4.86. The zero-order chi connectivity index (χ0) is 51.6. The number of rotatable bonds is 4. The van der Waals surface area contributed by atoms with E-state index >= 15 is 0 Å². The summed E-state index contributed by atoms with van der Waals surface area (Å²) >= 11 is 1.92. The zero-order valence-corrected chi connectivity index (χ0v) is 45.7. The summed E-state index contributed by atoms with van der Waals surface area (Å²) in [6.07, 6.45) is 4.70. The van der Waals surface area contributed by atoms with E-state index in [1.165, 1.54) is 117 Å². The SMILES string of the molecule is CC(C)(C)c1ccc2c(c1)B1c3cc4sc5ccccc5c4cc3N(c3ccc(C(C)(C)C)cc3-c3ccccc3)c3cc(N4c5ccccc5C5(C)CCCCC45C)cc(c31)N2c1cccc2oc3ccccc3c12. The highest BCUT2D eigenvalue weighted by Crippen LogP contribution is 2.62. The van der Waals surface area contributed by atoms with Gasteiger partial charge in [0.1, 0.15) is 11.2 Å². The number of fused-ring (bicyclic) bond motifs is 13. The van der Waals surface area contributed by atoms with Gasteiger partial charge >= 0.3 is 0 Å². The molecule has 15 rings (SSSR count). The van der Waals surface area contributed by atoms with Gasteiger partial charge in [0.2, 0.25) is 0 Å². The molecule has 5 heterocycles. The summed E-state index contributed by atoms with van der Waals surface area (Å²) in [6.45, 7) is 19.1. The van der Waals surface area contributed by atoms with Crippen molar-refractivity contribution in [1.82, 2.24) is 0 Å². The minimum Gasteiger partial charge on any atom is -0.456 e. The van der Waals surface area contributed by atoms with E-state index in [9.17, 15) is 0 Å². The van der Waals surface area contributed by atoms with Gasteiger partial charge in [-0.3, -0.25) is 0 Å². The van der Waals surface area contributed by atoms with E-state index in [1.807, 2.05) is 11.3 Å². The molecule has 4 nitrogen and oxygen atoms in total. The quantitative estimate of drug-likeness (QED) is 0.164. The predicted molar refractivity (Wildman–Crippen MR) is 326 cm³/mol. The molecule has 0 N–H and O–H groups in total. The molecule has 1 aliphatic carbocycles. The maximum atomic E-state index is 6.76. The van der Waals surface area contributed by atoms with Crippen LogP contribution < -0.4 is 31.1 Å². The summed E-state index contributed by atoms with van der Waals surface area (Å²) in [5.74, 6) is 0. The highest BCUT2D eigenvalue weighted by molar-refractivity contribution is 7.26. The van der Waals surface area contributed by atoms with Crippen LogP contribution in [0.5, 0.6) is 0 Å². The summed E-state index contributed by atoms with van der Waals surface area (Å²) < 4.78 is 9.39. The first-order chi connectivity index (χ1) is 36.7. The van der Waals surface area contributed by atoms with Crippen LogP contribution in [0.15, 0.2) is 186 Å². The van der Waals surface area contributed by atoms with Gasteiger partial charge in [0.25, 0.3) is 6.71 Å². The fourth-order valence-electron chi connectivity index (χ4n) is 14.4. The van der Waals surface area contributed by atoms with Crippen LogP contribution in [0.1, 0.15) is 97.8 Å². The second kappa shape index (κ2) is 16.0. The fraction of sp³-hybridized carbons (Fsp3) is 0.229. The van der Waals surface area contributed by atoms with Gasteiger partial charge in [-0.05, 0) is 142 Å². The molecule has 4 aliphatic rings. The topological polar surface area (TPSA) is 22.9 Å². The van der Waals surface area contributed by atoms with Crippen molar-refractivity contribution in [3.05, 3.63) is 199 Å². The second-order valence-corrected chi connectivity index (χ2v) is 25.9. The Morgan fingerprint density at radius 1 is 0.487 bits per heavy atom. The van der Waals surface area contributed by atoms with Crippen molar-refractivity contribution in [3.8, 4) is 11.1 Å². The zero-order valence-electron chi connectivity index (χ0n) is 44.9. The summed E-state index contributed by atoms with van der Waals surface area (Å²) in [4.78, 5) is 8.13. The molecule has 0 bridgehead atoms. The van der Waals surface area contributed by atoms with Gasteiger partial charge in [-0.25, -0.2) is 0 Å². The summed E-state index contributed by atoms with van der Waals surface area (Å²) in [6, 6.07) is 69.9. The number of nitrogens with zero attached hydrogens (tertiary/aromatic N) is 3. The van der Waals surface area contributed by atoms with Crippen LogP contribution >= 0.6 is 11.3 Å². The Hall–Kier alpha value is -7.54. The molecule has 3 aliphatic heterocycles. The molecule has 1 fully saturated rings. The van der Waals surface area contributed by atoms with Crippen LogP contribution in [0.3, 0.4) is 0 Å². The third-order valence-electron chi connectivity index (χ3n) is 18.5. The van der Waals surface area contributed by atoms with Crippen LogP contribution in [-0.2, 0) is 16.2 Å². The number of hydrogen-bond acceptors (Lipinski definition) is 5. The van der Waals surface area contributed by atoms with E-state index in [1.54, 1.807) is 0 Å². The lowest BCUT2D eigenvalue weighted by Crippen LogP contribution is -2.61. The molecule has 372 valence electrons. The van der Waals surface area contributed by atoms with Crippen molar-refractivity contribution in [1.29, 1.82) is 0 Å². The molecule has 11 aromatic rings. The Labute approximate surface area is 451 Å². The Morgan fingerprint density at radius 3 is 1.91 bits per heavy atom. The van der Waals surface area contributed by atoms with Crippen LogP contribution in [0.4, 0.5) is 45.5 Å². The molecule has 6 heteroatoms. The van der Waals surface area contributed by atoms with Gasteiger partial charge in [-0.2, -0.15) is 0 Å². The molecule has 1 saturated carbocycles. The van der Waals surface area contributed by atoms with E-state index in [0.717, 1.165) is 40.5 Å². The second-order valence-electron chi connectivity index (χ2n) is 24.8. The minimum atomic E-state index is -0.169. The first-order valence-electron chi connectivity index (χ1n) is 27.6. The molecular formula is C70H62BN3OS. The van der Waals surface area contributed by atoms with Crippen LogP contribution in [0.2, 0.25) is 0 Å². The number of para-hydroxylation sites is 2. The number of anilines is 8. The third-order valence-corrected chi connectivity index (χ3v) is 19.6. The molecule has 0 saturated heterocycles. The highest BCUT2D eigenvalue weighted by atomic mass is 32.1. The number of thiophene rings is 1. The average Bonchev–Trinajstić information content (AvgIpc) is 4.22. The minimum absolute atomic E-state index is 0.0321. The van der Waals surface area contributed by atoms with Crippen molar-refractivity contribution in [2.45, 2.75) is 103 Å². The van der Waals surface area contributed by atoms with Crippen LogP contribution in [0, 0.1) is 0 Å². The van der Waals surface area contributed by atoms with Gasteiger partial charge in [0.15, 0.2) is 0 Å². The highest BCUT2D eigenvalue weighted by Gasteiger charge is 2.58. The number of hydrogen-bond donors (Lipinski definition) is 0. The Kier molecular flexibility index (Phi) is 9.65. The smallest absolute Gasteiger partial charge is 0.252 e. The van der Waals surface area contributed by atoms with Crippen LogP contribution in [-0.4, -0.2) is 12.3 Å². The number of furan rings is 1. The Bertz CT molecular complexity index is 4230. The van der Waals surface area contributed by atoms with Crippen molar-refractivity contribution in [3.63, 3.8) is 0 Å². The van der Waals surface area contributed by atoms with E-state index in [2.05, 4.69) is 252 Å². The Morgan fingerprint density at radius 2 is 1.12 bits per heavy atom. The largest absolute Gasteiger partial charge is 0.456 e. The lowest BCUT2D eigenvalue weighted by atomic mass is 9.33. The van der Waals surface area contributed by atoms with E-state index in [0.29, 0.717) is 0 Å². The third kappa shape index (κ3) is 6.37. The fourth-order valence-corrected chi connectivity index (χ4v) is 15.5. The summed E-state index contributed by atoms with van der Waals surface area (Å²) in [5.41, 5.74) is 21.7. The van der Waals surface area contributed by atoms with Crippen molar-refractivity contribution < 1.29 is 4.42 Å². The van der Waals surface area contributed by atoms with Gasteiger partial charge < -0.3 is 19.1 Å².